The quantitative estimate of drug-likeness (QED) is 0.505. The van der Waals surface area contributed by atoms with Crippen molar-refractivity contribution in [1.29, 1.82) is 0 Å². The Bertz CT molecular complexity index is 1330. The van der Waals surface area contributed by atoms with Gasteiger partial charge in [-0.3, -0.25) is 19.0 Å². The van der Waals surface area contributed by atoms with Crippen molar-refractivity contribution in [2.45, 2.75) is 33.2 Å². The summed E-state index contributed by atoms with van der Waals surface area (Å²) < 4.78 is 7.23. The average molecular weight is 477 g/mol. The van der Waals surface area contributed by atoms with Crippen molar-refractivity contribution in [3.63, 3.8) is 0 Å². The molecule has 9 nitrogen and oxygen atoms in total. The summed E-state index contributed by atoms with van der Waals surface area (Å²) in [5.41, 5.74) is 0.485. The molecule has 1 amide bonds. The lowest BCUT2D eigenvalue weighted by Crippen LogP contribution is -2.49. The van der Waals surface area contributed by atoms with E-state index in [-0.39, 0.29) is 31.4 Å². The van der Waals surface area contributed by atoms with Crippen LogP contribution in [0.1, 0.15) is 41.4 Å². The van der Waals surface area contributed by atoms with E-state index in [0.717, 1.165) is 20.4 Å². The predicted octanol–water partition coefficient (Wildman–Crippen LogP) is 2.17. The van der Waals surface area contributed by atoms with Gasteiger partial charge < -0.3 is 9.64 Å². The second kappa shape index (κ2) is 10.5. The summed E-state index contributed by atoms with van der Waals surface area (Å²) in [5.74, 6) is -1.42. The topological polar surface area (TPSA) is 104 Å². The van der Waals surface area contributed by atoms with Crippen LogP contribution in [-0.2, 0) is 16.1 Å². The Morgan fingerprint density at radius 2 is 1.77 bits per heavy atom. The molecule has 0 unspecified atom stereocenters. The number of amides is 1. The second-order valence-electron chi connectivity index (χ2n) is 8.60. The molecule has 0 aliphatic carbocycles. The fraction of sp³-hybridized carbons (Fsp3) is 0.346. The summed E-state index contributed by atoms with van der Waals surface area (Å²) in [6.07, 6.45) is 1.21. The maximum Gasteiger partial charge on any atom is 0.352 e. The lowest BCUT2D eigenvalue weighted by molar-refractivity contribution is -0.149. The molecule has 1 fully saturated rings. The van der Waals surface area contributed by atoms with Gasteiger partial charge in [0, 0.05) is 13.1 Å². The van der Waals surface area contributed by atoms with Crippen molar-refractivity contribution in [2.75, 3.05) is 19.7 Å². The summed E-state index contributed by atoms with van der Waals surface area (Å²) in [7, 11) is 0. The highest BCUT2D eigenvalue weighted by Gasteiger charge is 2.32. The van der Waals surface area contributed by atoms with Crippen molar-refractivity contribution >= 4 is 11.9 Å². The average Bonchev–Trinajstić information content (AvgIpc) is 2.88. The van der Waals surface area contributed by atoms with Crippen LogP contribution >= 0.6 is 0 Å². The summed E-state index contributed by atoms with van der Waals surface area (Å²) >= 11 is 0. The monoisotopic (exact) mass is 476 g/mol. The van der Waals surface area contributed by atoms with Gasteiger partial charge in [0.1, 0.15) is 0 Å². The number of carbonyl (C=O) groups excluding carboxylic acids is 2. The first-order chi connectivity index (χ1) is 16.9. The first-order valence-electron chi connectivity index (χ1n) is 11.7. The molecule has 0 bridgehead atoms. The third kappa shape index (κ3) is 5.24. The van der Waals surface area contributed by atoms with Gasteiger partial charge in [0.2, 0.25) is 5.69 Å². The zero-order valence-electron chi connectivity index (χ0n) is 19.8. The Hall–Kier alpha value is -4.01. The van der Waals surface area contributed by atoms with Gasteiger partial charge in [0.25, 0.3) is 11.5 Å². The van der Waals surface area contributed by atoms with Gasteiger partial charge in [-0.1, -0.05) is 48.0 Å². The molecule has 182 valence electrons. The van der Waals surface area contributed by atoms with Crippen LogP contribution in [0.2, 0.25) is 0 Å². The molecule has 0 radical (unpaired) electrons. The number of esters is 1. The summed E-state index contributed by atoms with van der Waals surface area (Å²) in [5, 5.41) is 4.20. The highest BCUT2D eigenvalue weighted by molar-refractivity contribution is 5.92. The number of carbonyl (C=O) groups is 2. The first kappa shape index (κ1) is 24.1. The number of likely N-dealkylation sites (tertiary alicyclic amines) is 1. The van der Waals surface area contributed by atoms with E-state index in [9.17, 15) is 19.2 Å². The van der Waals surface area contributed by atoms with Gasteiger partial charge >= 0.3 is 11.7 Å². The van der Waals surface area contributed by atoms with E-state index in [1.807, 2.05) is 31.2 Å². The molecule has 35 heavy (non-hydrogen) atoms. The van der Waals surface area contributed by atoms with Crippen LogP contribution in [0.25, 0.3) is 5.69 Å². The molecule has 9 heteroatoms. The molecule has 1 aromatic heterocycles. The number of benzene rings is 2. The van der Waals surface area contributed by atoms with Crippen molar-refractivity contribution in [1.82, 2.24) is 19.2 Å². The van der Waals surface area contributed by atoms with E-state index < -0.39 is 23.1 Å². The van der Waals surface area contributed by atoms with Crippen molar-refractivity contribution in [3.05, 3.63) is 92.3 Å². The molecule has 2 heterocycles. The summed E-state index contributed by atoms with van der Waals surface area (Å²) in [4.78, 5) is 53.9. The van der Waals surface area contributed by atoms with E-state index in [0.29, 0.717) is 25.1 Å². The molecule has 1 saturated heterocycles. The van der Waals surface area contributed by atoms with Crippen LogP contribution in [0.3, 0.4) is 0 Å². The first-order valence-corrected chi connectivity index (χ1v) is 11.7. The molecule has 0 saturated carbocycles. The smallest absolute Gasteiger partial charge is 0.352 e. The Balaban J connectivity index is 1.76. The van der Waals surface area contributed by atoms with E-state index >= 15 is 0 Å². The number of ether oxygens (including phenoxy) is 1. The highest BCUT2D eigenvalue weighted by atomic mass is 16.5. The zero-order valence-corrected chi connectivity index (χ0v) is 19.8. The standard InChI is InChI=1S/C26H28N4O5/c1-3-35-25(33)20-8-7-15-28(17-20)23(31)22-24(32)29(16-19-13-11-18(2)12-14-19)26(34)30(27-22)21-9-5-4-6-10-21/h4-6,9-14,20H,3,7-8,15-17H2,1-2H3/t20-/m1/s1. The summed E-state index contributed by atoms with van der Waals surface area (Å²) in [6, 6.07) is 16.1. The fourth-order valence-electron chi connectivity index (χ4n) is 4.17. The number of aromatic nitrogens is 3. The SMILES string of the molecule is CCOC(=O)[C@@H]1CCCN(C(=O)c2nn(-c3ccccc3)c(=O)n(Cc3ccc(C)cc3)c2=O)C1. The Kier molecular flexibility index (Phi) is 7.24. The number of piperidine rings is 1. The molecular weight excluding hydrogens is 448 g/mol. The third-order valence-corrected chi connectivity index (χ3v) is 6.05. The van der Waals surface area contributed by atoms with Gasteiger partial charge in [0.05, 0.1) is 24.8 Å². The van der Waals surface area contributed by atoms with Gasteiger partial charge in [0.15, 0.2) is 0 Å². The van der Waals surface area contributed by atoms with E-state index in [1.54, 1.807) is 37.3 Å². The minimum absolute atomic E-state index is 0.000961. The van der Waals surface area contributed by atoms with Crippen LogP contribution in [0, 0.1) is 12.8 Å². The van der Waals surface area contributed by atoms with Crippen LogP contribution < -0.4 is 11.2 Å². The Labute approximate surface area is 202 Å². The molecule has 3 aromatic rings. The van der Waals surface area contributed by atoms with E-state index in [2.05, 4.69) is 5.10 Å². The molecule has 4 rings (SSSR count). The van der Waals surface area contributed by atoms with Crippen LogP contribution in [0.15, 0.2) is 64.2 Å². The fourth-order valence-corrected chi connectivity index (χ4v) is 4.17. The molecular formula is C26H28N4O5. The number of hydrogen-bond donors (Lipinski definition) is 0. The van der Waals surface area contributed by atoms with Gasteiger partial charge in [-0.15, -0.1) is 0 Å². The Morgan fingerprint density at radius 3 is 2.46 bits per heavy atom. The van der Waals surface area contributed by atoms with Gasteiger partial charge in [-0.25, -0.2) is 4.79 Å². The molecule has 0 N–H and O–H groups in total. The summed E-state index contributed by atoms with van der Waals surface area (Å²) in [6.45, 7) is 4.47. The Morgan fingerprint density at radius 1 is 1.06 bits per heavy atom. The largest absolute Gasteiger partial charge is 0.466 e. The number of para-hydroxylation sites is 1. The number of aryl methyl sites for hydroxylation is 1. The molecule has 2 aromatic carbocycles. The molecule has 0 spiro atoms. The number of nitrogens with zero attached hydrogens (tertiary/aromatic N) is 4. The van der Waals surface area contributed by atoms with Crippen molar-refractivity contribution in [2.24, 2.45) is 5.92 Å². The van der Waals surface area contributed by atoms with E-state index in [1.165, 1.54) is 4.90 Å². The number of hydrogen-bond acceptors (Lipinski definition) is 6. The van der Waals surface area contributed by atoms with Crippen LogP contribution in [-0.4, -0.2) is 50.8 Å². The van der Waals surface area contributed by atoms with Gasteiger partial charge in [-0.2, -0.15) is 9.78 Å². The lowest BCUT2D eigenvalue weighted by atomic mass is 9.98. The van der Waals surface area contributed by atoms with Gasteiger partial charge in [-0.05, 0) is 44.4 Å². The molecule has 1 aliphatic heterocycles. The predicted molar refractivity (Wildman–Crippen MR) is 130 cm³/mol. The zero-order chi connectivity index (χ0) is 24.9. The molecule has 1 aliphatic rings. The normalized spacial score (nSPS) is 15.6. The van der Waals surface area contributed by atoms with Crippen LogP contribution in [0.4, 0.5) is 0 Å². The highest BCUT2D eigenvalue weighted by Crippen LogP contribution is 2.19. The van der Waals surface area contributed by atoms with E-state index in [4.69, 9.17) is 4.74 Å². The minimum atomic E-state index is -0.758. The minimum Gasteiger partial charge on any atom is -0.466 e. The van der Waals surface area contributed by atoms with Crippen molar-refractivity contribution in [3.8, 4) is 5.69 Å². The number of rotatable bonds is 6. The second-order valence-corrected chi connectivity index (χ2v) is 8.60. The maximum absolute atomic E-state index is 13.5. The van der Waals surface area contributed by atoms with Crippen LogP contribution in [0.5, 0.6) is 0 Å². The maximum atomic E-state index is 13.5. The molecule has 1 atom stereocenters. The lowest BCUT2D eigenvalue weighted by Gasteiger charge is -2.31. The van der Waals surface area contributed by atoms with Crippen molar-refractivity contribution < 1.29 is 14.3 Å². The third-order valence-electron chi connectivity index (χ3n) is 6.05.